The summed E-state index contributed by atoms with van der Waals surface area (Å²) >= 11 is 0. The lowest BCUT2D eigenvalue weighted by atomic mass is 10.1. The van der Waals surface area contributed by atoms with Crippen LogP contribution in [0.4, 0.5) is 17.6 Å². The molecule has 0 saturated carbocycles. The molecule has 8 nitrogen and oxygen atoms in total. The third-order valence-corrected chi connectivity index (χ3v) is 4.94. The van der Waals surface area contributed by atoms with Gasteiger partial charge in [-0.3, -0.25) is 10.1 Å². The molecule has 0 aromatic heterocycles. The molecule has 0 heterocycles. The van der Waals surface area contributed by atoms with Crippen molar-refractivity contribution in [3.63, 3.8) is 0 Å². The Hall–Kier alpha value is -3.22. The van der Waals surface area contributed by atoms with Crippen LogP contribution >= 0.6 is 0 Å². The zero-order valence-electron chi connectivity index (χ0n) is 15.4. The maximum atomic E-state index is 14.1. The first-order valence-corrected chi connectivity index (χ1v) is 9.63. The average Bonchev–Trinajstić information content (AvgIpc) is 2.71. The number of sulfonamides is 1. The number of ether oxygens (including phenoxy) is 2. The molecule has 0 amide bonds. The lowest BCUT2D eigenvalue weighted by Crippen LogP contribution is -2.35. The van der Waals surface area contributed by atoms with Gasteiger partial charge < -0.3 is 9.47 Å². The van der Waals surface area contributed by atoms with E-state index in [1.807, 2.05) is 0 Å². The lowest BCUT2D eigenvalue weighted by Gasteiger charge is -2.14. The maximum absolute atomic E-state index is 14.1. The summed E-state index contributed by atoms with van der Waals surface area (Å²) in [6.45, 7) is 1.20. The van der Waals surface area contributed by atoms with Crippen LogP contribution < -0.4 is 4.74 Å². The highest BCUT2D eigenvalue weighted by Crippen LogP contribution is 2.32. The molecule has 0 bridgehead atoms. The van der Waals surface area contributed by atoms with Crippen molar-refractivity contribution in [2.75, 3.05) is 7.11 Å². The highest BCUT2D eigenvalue weighted by atomic mass is 32.2. The first kappa shape index (κ1) is 23.1. The molecule has 0 radical (unpaired) electrons. The van der Waals surface area contributed by atoms with E-state index in [4.69, 9.17) is 4.74 Å². The average molecular weight is 450 g/mol. The number of nitro groups is 1. The monoisotopic (exact) mass is 450 g/mol. The van der Waals surface area contributed by atoms with Crippen molar-refractivity contribution in [3.05, 3.63) is 74.8 Å². The fourth-order valence-corrected chi connectivity index (χ4v) is 3.27. The number of benzene rings is 2. The Bertz CT molecular complexity index is 1060. The fraction of sp³-hybridized carbons (Fsp3) is 0.235. The zero-order chi connectivity index (χ0) is 22.6. The van der Waals surface area contributed by atoms with Gasteiger partial charge in [0, 0.05) is 11.1 Å². The molecule has 2 aromatic carbocycles. The molecule has 0 saturated heterocycles. The Balaban J connectivity index is 2.56. The summed E-state index contributed by atoms with van der Waals surface area (Å²) in [5.41, 5.74) is -4.09. The van der Waals surface area contributed by atoms with Gasteiger partial charge in [-0.1, -0.05) is 25.1 Å². The third kappa shape index (κ3) is 4.50. The highest BCUT2D eigenvalue weighted by Gasteiger charge is 2.42. The van der Waals surface area contributed by atoms with Gasteiger partial charge >= 0.3 is 15.6 Å². The van der Waals surface area contributed by atoms with Crippen LogP contribution in [0.2, 0.25) is 0 Å². The second-order valence-electron chi connectivity index (χ2n) is 5.61. The van der Waals surface area contributed by atoms with Crippen LogP contribution in [0.5, 0.6) is 5.75 Å². The third-order valence-electron chi connectivity index (χ3n) is 3.74. The van der Waals surface area contributed by atoms with Gasteiger partial charge in [0.2, 0.25) is 23.3 Å². The van der Waals surface area contributed by atoms with Crippen molar-refractivity contribution in [2.24, 2.45) is 4.40 Å². The van der Waals surface area contributed by atoms with Gasteiger partial charge in [0.05, 0.1) is 12.0 Å². The van der Waals surface area contributed by atoms with Crippen molar-refractivity contribution in [2.45, 2.75) is 18.9 Å². The van der Waals surface area contributed by atoms with Crippen molar-refractivity contribution >= 4 is 15.9 Å². The van der Waals surface area contributed by atoms with Gasteiger partial charge in [-0.2, -0.15) is 17.2 Å². The fourth-order valence-electron chi connectivity index (χ4n) is 2.33. The standard InChI is InChI=1S/C17H14F4N2O6S/c1-3-10-11(18)13(20)15(14(21)12(10)19)29-17(23(24)25)30(26,27)22-16(28-2)9-7-5-4-6-8-9/h4-8,17H,3H2,1-2H3/b22-16-. The molecule has 162 valence electrons. The van der Waals surface area contributed by atoms with Crippen molar-refractivity contribution in [3.8, 4) is 5.75 Å². The summed E-state index contributed by atoms with van der Waals surface area (Å²) in [7, 11) is -4.27. The van der Waals surface area contributed by atoms with Crippen LogP contribution in [-0.4, -0.2) is 31.9 Å². The second kappa shape index (κ2) is 9.07. The molecular weight excluding hydrogens is 436 g/mol. The molecule has 1 unspecified atom stereocenters. The lowest BCUT2D eigenvalue weighted by molar-refractivity contribution is -0.534. The van der Waals surface area contributed by atoms with E-state index in [0.29, 0.717) is 0 Å². The first-order chi connectivity index (χ1) is 14.0. The normalized spacial score (nSPS) is 13.1. The van der Waals surface area contributed by atoms with Crippen LogP contribution in [0.25, 0.3) is 0 Å². The predicted molar refractivity (Wildman–Crippen MR) is 96.0 cm³/mol. The molecule has 0 aliphatic rings. The van der Waals surface area contributed by atoms with E-state index in [9.17, 15) is 36.1 Å². The molecule has 0 spiro atoms. The van der Waals surface area contributed by atoms with Gasteiger partial charge in [-0.25, -0.2) is 8.78 Å². The summed E-state index contributed by atoms with van der Waals surface area (Å²) in [6, 6.07) is 7.30. The smallest absolute Gasteiger partial charge is 0.476 e. The molecule has 13 heteroatoms. The van der Waals surface area contributed by atoms with Crippen molar-refractivity contribution in [1.29, 1.82) is 0 Å². The Labute approximate surface area is 168 Å². The van der Waals surface area contributed by atoms with Crippen molar-refractivity contribution in [1.82, 2.24) is 0 Å². The predicted octanol–water partition coefficient (Wildman–Crippen LogP) is 3.17. The number of rotatable bonds is 7. The van der Waals surface area contributed by atoms with Gasteiger partial charge in [0.25, 0.3) is 0 Å². The van der Waals surface area contributed by atoms with Gasteiger partial charge in [0.15, 0.2) is 11.6 Å². The van der Waals surface area contributed by atoms with E-state index in [0.717, 1.165) is 7.11 Å². The van der Waals surface area contributed by atoms with E-state index >= 15 is 0 Å². The Kier molecular flexibility index (Phi) is 6.97. The van der Waals surface area contributed by atoms with Gasteiger partial charge in [0.1, 0.15) is 0 Å². The summed E-state index contributed by atoms with van der Waals surface area (Å²) in [6.07, 6.45) is -0.443. The van der Waals surface area contributed by atoms with E-state index in [1.165, 1.54) is 31.2 Å². The van der Waals surface area contributed by atoms with Crippen LogP contribution in [0.15, 0.2) is 34.7 Å². The van der Waals surface area contributed by atoms with Crippen LogP contribution in [-0.2, 0) is 21.2 Å². The van der Waals surface area contributed by atoms with Gasteiger partial charge in [-0.05, 0) is 18.6 Å². The van der Waals surface area contributed by atoms with E-state index < -0.39 is 67.4 Å². The molecule has 2 aromatic rings. The second-order valence-corrected chi connectivity index (χ2v) is 7.22. The van der Waals surface area contributed by atoms with E-state index in [1.54, 1.807) is 6.07 Å². The number of hydrogen-bond acceptors (Lipinski definition) is 6. The molecule has 2 rings (SSSR count). The minimum absolute atomic E-state index is 0.104. The van der Waals surface area contributed by atoms with Crippen LogP contribution in [0.3, 0.4) is 0 Å². The largest absolute Gasteiger partial charge is 0.480 e. The Morgan fingerprint density at radius 3 is 2.07 bits per heavy atom. The van der Waals surface area contributed by atoms with E-state index in [-0.39, 0.29) is 5.56 Å². The number of halogens is 4. The number of nitrogens with zero attached hydrogens (tertiary/aromatic N) is 2. The summed E-state index contributed by atoms with van der Waals surface area (Å²) < 4.78 is 93.0. The van der Waals surface area contributed by atoms with Crippen LogP contribution in [0, 0.1) is 33.4 Å². The molecular formula is C17H14F4N2O6S. The Morgan fingerprint density at radius 1 is 1.10 bits per heavy atom. The molecule has 1 atom stereocenters. The topological polar surface area (TPSA) is 108 Å². The molecule has 30 heavy (non-hydrogen) atoms. The first-order valence-electron chi connectivity index (χ1n) is 8.13. The SMILES string of the molecule is CCc1c(F)c(F)c(OC([N+](=O)[O-])S(=O)(=O)/N=C(\OC)c2ccccc2)c(F)c1F. The maximum Gasteiger partial charge on any atom is 0.476 e. The van der Waals surface area contributed by atoms with Crippen LogP contribution in [0.1, 0.15) is 18.1 Å². The minimum Gasteiger partial charge on any atom is -0.480 e. The summed E-state index contributed by atoms with van der Waals surface area (Å²) in [4.78, 5) is 9.65. The number of methoxy groups -OCH3 is 1. The molecule has 0 N–H and O–H groups in total. The number of hydrogen-bond donors (Lipinski definition) is 0. The Morgan fingerprint density at radius 2 is 1.63 bits per heavy atom. The van der Waals surface area contributed by atoms with Crippen molar-refractivity contribution < 1.29 is 40.4 Å². The highest BCUT2D eigenvalue weighted by molar-refractivity contribution is 7.90. The molecule has 0 fully saturated rings. The summed E-state index contributed by atoms with van der Waals surface area (Å²) in [5.74, 6) is -10.5. The molecule has 0 aliphatic carbocycles. The quantitative estimate of drug-likeness (QED) is 0.122. The minimum atomic E-state index is -5.29. The van der Waals surface area contributed by atoms with E-state index in [2.05, 4.69) is 9.13 Å². The zero-order valence-corrected chi connectivity index (χ0v) is 16.3. The summed E-state index contributed by atoms with van der Waals surface area (Å²) in [5, 5.41) is 11.2. The molecule has 0 aliphatic heterocycles. The van der Waals surface area contributed by atoms with Gasteiger partial charge in [-0.15, -0.1) is 4.40 Å².